The molecule has 0 saturated carbocycles. The van der Waals surface area contributed by atoms with Gasteiger partial charge in [0.25, 0.3) is 0 Å². The van der Waals surface area contributed by atoms with Crippen LogP contribution >= 0.6 is 0 Å². The number of hydrogen-bond donors (Lipinski definition) is 1. The molecule has 0 spiro atoms. The Morgan fingerprint density at radius 2 is 1.92 bits per heavy atom. The van der Waals surface area contributed by atoms with Gasteiger partial charge in [0.2, 0.25) is 15.9 Å². The molecule has 2 aromatic rings. The minimum atomic E-state index is -3.53. The van der Waals surface area contributed by atoms with E-state index in [2.05, 4.69) is 4.72 Å². The van der Waals surface area contributed by atoms with Gasteiger partial charge in [0, 0.05) is 25.7 Å². The van der Waals surface area contributed by atoms with Crippen LogP contribution in [0.3, 0.4) is 0 Å². The van der Waals surface area contributed by atoms with Crippen LogP contribution in [0.5, 0.6) is 0 Å². The van der Waals surface area contributed by atoms with Crippen LogP contribution in [0.15, 0.2) is 53.4 Å². The Kier molecular flexibility index (Phi) is 5.20. The van der Waals surface area contributed by atoms with Crippen molar-refractivity contribution in [2.75, 3.05) is 18.0 Å². The van der Waals surface area contributed by atoms with Gasteiger partial charge >= 0.3 is 0 Å². The van der Waals surface area contributed by atoms with E-state index in [1.54, 1.807) is 23.1 Å². The van der Waals surface area contributed by atoms with Crippen LogP contribution in [0.1, 0.15) is 24.5 Å². The van der Waals surface area contributed by atoms with Crippen molar-refractivity contribution in [3.05, 3.63) is 59.7 Å². The molecule has 0 fully saturated rings. The fraction of sp³-hybridized carbons (Fsp3) is 0.316. The molecule has 0 bridgehead atoms. The highest BCUT2D eigenvalue weighted by Crippen LogP contribution is 2.30. The van der Waals surface area contributed by atoms with Crippen molar-refractivity contribution in [2.45, 2.75) is 31.1 Å². The van der Waals surface area contributed by atoms with Gasteiger partial charge in [-0.3, -0.25) is 4.79 Å². The average Bonchev–Trinajstić information content (AvgIpc) is 3.03. The van der Waals surface area contributed by atoms with Crippen LogP contribution in [0.4, 0.5) is 5.69 Å². The van der Waals surface area contributed by atoms with Gasteiger partial charge in [0.1, 0.15) is 0 Å². The summed E-state index contributed by atoms with van der Waals surface area (Å²) in [5.41, 5.74) is 2.92. The van der Waals surface area contributed by atoms with E-state index in [0.29, 0.717) is 19.5 Å². The second-order valence-corrected chi connectivity index (χ2v) is 7.97. The lowest BCUT2D eigenvalue weighted by Crippen LogP contribution is -2.26. The molecule has 25 heavy (non-hydrogen) atoms. The van der Waals surface area contributed by atoms with Gasteiger partial charge < -0.3 is 4.90 Å². The predicted molar refractivity (Wildman–Crippen MR) is 98.1 cm³/mol. The predicted octanol–water partition coefficient (Wildman–Crippen LogP) is 2.51. The quantitative estimate of drug-likeness (QED) is 0.807. The first-order chi connectivity index (χ1) is 12.0. The summed E-state index contributed by atoms with van der Waals surface area (Å²) in [5, 5.41) is 0. The van der Waals surface area contributed by atoms with Crippen molar-refractivity contribution in [3.63, 3.8) is 0 Å². The Bertz CT molecular complexity index is 863. The van der Waals surface area contributed by atoms with Gasteiger partial charge in [-0.05, 0) is 48.6 Å². The Hall–Kier alpha value is -2.18. The summed E-state index contributed by atoms with van der Waals surface area (Å²) in [5.74, 6) is -0.0200. The Morgan fingerprint density at radius 3 is 2.64 bits per heavy atom. The Labute approximate surface area is 148 Å². The van der Waals surface area contributed by atoms with Crippen LogP contribution in [0.25, 0.3) is 0 Å². The van der Waals surface area contributed by atoms with E-state index in [9.17, 15) is 13.2 Å². The molecular weight excluding hydrogens is 336 g/mol. The van der Waals surface area contributed by atoms with Crippen LogP contribution in [0.2, 0.25) is 0 Å². The number of amides is 1. The summed E-state index contributed by atoms with van der Waals surface area (Å²) >= 11 is 0. The van der Waals surface area contributed by atoms with Gasteiger partial charge in [-0.2, -0.15) is 0 Å². The lowest BCUT2D eigenvalue weighted by Gasteiger charge is -2.15. The minimum absolute atomic E-state index is 0.0200. The molecule has 1 aliphatic rings. The first-order valence-electron chi connectivity index (χ1n) is 8.42. The molecule has 3 rings (SSSR count). The second kappa shape index (κ2) is 7.37. The van der Waals surface area contributed by atoms with Crippen molar-refractivity contribution in [2.24, 2.45) is 0 Å². The molecule has 0 saturated heterocycles. The van der Waals surface area contributed by atoms with E-state index in [4.69, 9.17) is 0 Å². The largest absolute Gasteiger partial charge is 0.312 e. The summed E-state index contributed by atoms with van der Waals surface area (Å²) in [6.07, 6.45) is 2.26. The monoisotopic (exact) mass is 358 g/mol. The van der Waals surface area contributed by atoms with Crippen molar-refractivity contribution in [3.8, 4) is 0 Å². The topological polar surface area (TPSA) is 66.5 Å². The lowest BCUT2D eigenvalue weighted by molar-refractivity contribution is -0.116. The highest BCUT2D eigenvalue weighted by Gasteiger charge is 2.24. The Balaban J connectivity index is 1.62. The van der Waals surface area contributed by atoms with Crippen LogP contribution < -0.4 is 9.62 Å². The number of benzene rings is 2. The molecule has 0 radical (unpaired) electrons. The average molecular weight is 358 g/mol. The van der Waals surface area contributed by atoms with Gasteiger partial charge in [-0.25, -0.2) is 13.1 Å². The molecule has 1 amide bonds. The van der Waals surface area contributed by atoms with Gasteiger partial charge in [0.15, 0.2) is 0 Å². The molecule has 6 heteroatoms. The zero-order valence-electron chi connectivity index (χ0n) is 14.2. The maximum atomic E-state index is 12.5. The third kappa shape index (κ3) is 4.08. The normalized spacial score (nSPS) is 13.7. The number of anilines is 1. The fourth-order valence-electron chi connectivity index (χ4n) is 3.10. The number of sulfonamides is 1. The van der Waals surface area contributed by atoms with Crippen LogP contribution in [0, 0.1) is 0 Å². The number of hydrogen-bond acceptors (Lipinski definition) is 3. The maximum absolute atomic E-state index is 12.5. The van der Waals surface area contributed by atoms with Gasteiger partial charge in [0.05, 0.1) is 4.90 Å². The van der Waals surface area contributed by atoms with E-state index in [1.165, 1.54) is 12.5 Å². The second-order valence-electron chi connectivity index (χ2n) is 6.20. The lowest BCUT2D eigenvalue weighted by atomic mass is 10.1. The number of nitrogens with one attached hydrogen (secondary N) is 1. The molecule has 0 aliphatic carbocycles. The summed E-state index contributed by atoms with van der Waals surface area (Å²) in [7, 11) is -3.53. The fourth-order valence-corrected chi connectivity index (χ4v) is 4.22. The molecule has 0 aromatic heterocycles. The number of rotatable bonds is 6. The summed E-state index contributed by atoms with van der Waals surface area (Å²) < 4.78 is 27.6. The van der Waals surface area contributed by atoms with E-state index < -0.39 is 10.0 Å². The zero-order valence-corrected chi connectivity index (χ0v) is 15.1. The van der Waals surface area contributed by atoms with E-state index in [1.807, 2.05) is 30.3 Å². The third-order valence-electron chi connectivity index (χ3n) is 4.41. The SMILES string of the molecule is CC(=O)N1CCc2cc(S(=O)(=O)NCCCc3ccccc3)ccc21. The van der Waals surface area contributed by atoms with E-state index in [0.717, 1.165) is 24.1 Å². The summed E-state index contributed by atoms with van der Waals surface area (Å²) in [6, 6.07) is 15.0. The molecule has 0 atom stereocenters. The minimum Gasteiger partial charge on any atom is -0.312 e. The van der Waals surface area contributed by atoms with E-state index >= 15 is 0 Å². The molecule has 132 valence electrons. The molecule has 1 N–H and O–H groups in total. The van der Waals surface area contributed by atoms with Crippen molar-refractivity contribution >= 4 is 21.6 Å². The van der Waals surface area contributed by atoms with Crippen LogP contribution in [-0.2, 0) is 27.7 Å². The van der Waals surface area contributed by atoms with Crippen molar-refractivity contribution < 1.29 is 13.2 Å². The van der Waals surface area contributed by atoms with Gasteiger partial charge in [-0.1, -0.05) is 30.3 Å². The standard InChI is InChI=1S/C19H22N2O3S/c1-15(22)21-13-11-17-14-18(9-10-19(17)21)25(23,24)20-12-5-8-16-6-3-2-4-7-16/h2-4,6-7,9-10,14,20H,5,8,11-13H2,1H3. The molecule has 5 nitrogen and oxygen atoms in total. The molecule has 2 aromatic carbocycles. The summed E-state index contributed by atoms with van der Waals surface area (Å²) in [4.78, 5) is 13.5. The molecule has 0 unspecified atom stereocenters. The highest BCUT2D eigenvalue weighted by atomic mass is 32.2. The van der Waals surface area contributed by atoms with E-state index in [-0.39, 0.29) is 10.8 Å². The third-order valence-corrected chi connectivity index (χ3v) is 5.87. The van der Waals surface area contributed by atoms with Crippen molar-refractivity contribution in [1.82, 2.24) is 4.72 Å². The molecular formula is C19H22N2O3S. The summed E-state index contributed by atoms with van der Waals surface area (Å²) in [6.45, 7) is 2.53. The molecule has 1 aliphatic heterocycles. The maximum Gasteiger partial charge on any atom is 0.240 e. The molecule has 1 heterocycles. The Morgan fingerprint density at radius 1 is 1.16 bits per heavy atom. The number of aryl methyl sites for hydroxylation is 1. The first kappa shape index (κ1) is 17.6. The van der Waals surface area contributed by atoms with Gasteiger partial charge in [-0.15, -0.1) is 0 Å². The van der Waals surface area contributed by atoms with Crippen LogP contribution in [-0.4, -0.2) is 27.4 Å². The number of carbonyl (C=O) groups is 1. The highest BCUT2D eigenvalue weighted by molar-refractivity contribution is 7.89. The number of fused-ring (bicyclic) bond motifs is 1. The first-order valence-corrected chi connectivity index (χ1v) is 9.90. The smallest absolute Gasteiger partial charge is 0.240 e. The number of carbonyl (C=O) groups excluding carboxylic acids is 1. The number of nitrogens with zero attached hydrogens (tertiary/aromatic N) is 1. The van der Waals surface area contributed by atoms with Crippen molar-refractivity contribution in [1.29, 1.82) is 0 Å². The zero-order chi connectivity index (χ0) is 17.9.